The van der Waals surface area contributed by atoms with Gasteiger partial charge < -0.3 is 4.90 Å². The van der Waals surface area contributed by atoms with Crippen molar-refractivity contribution in [1.29, 1.82) is 0 Å². The fourth-order valence-corrected chi connectivity index (χ4v) is 2.34. The minimum absolute atomic E-state index is 0.283. The van der Waals surface area contributed by atoms with Gasteiger partial charge in [-0.1, -0.05) is 6.92 Å². The topological polar surface area (TPSA) is 124 Å². The summed E-state index contributed by atoms with van der Waals surface area (Å²) in [5, 5.41) is 15.6. The van der Waals surface area contributed by atoms with Crippen molar-refractivity contribution in [3.63, 3.8) is 0 Å². The van der Waals surface area contributed by atoms with Gasteiger partial charge in [0.15, 0.2) is 5.82 Å². The average Bonchev–Trinajstić information content (AvgIpc) is 2.36. The van der Waals surface area contributed by atoms with Crippen LogP contribution in [0.2, 0.25) is 0 Å². The molecule has 0 unspecified atom stereocenters. The van der Waals surface area contributed by atoms with E-state index in [1.165, 1.54) is 7.05 Å². The van der Waals surface area contributed by atoms with E-state index in [0.717, 1.165) is 4.90 Å². The Kier molecular flexibility index (Phi) is 4.97. The Morgan fingerprint density at radius 3 is 2.48 bits per heavy atom. The van der Waals surface area contributed by atoms with Gasteiger partial charge in [0.05, 0.1) is 10.5 Å². The first-order valence-corrected chi connectivity index (χ1v) is 7.40. The van der Waals surface area contributed by atoms with Gasteiger partial charge in [-0.15, -0.1) is 0 Å². The van der Waals surface area contributed by atoms with Crippen LogP contribution in [-0.4, -0.2) is 37.7 Å². The standard InChI is InChI=1S/C11H14FN3O5S/c1-3-4-14(2)11(16)8-5-7(15(17)18)6-9(10(8)12)21(13,19)20/h5-6H,3-4H2,1-2H3,(H2,13,19,20). The lowest BCUT2D eigenvalue weighted by molar-refractivity contribution is -0.385. The predicted molar refractivity (Wildman–Crippen MR) is 71.7 cm³/mol. The maximum absolute atomic E-state index is 14.1. The fourth-order valence-electron chi connectivity index (χ4n) is 1.69. The molecule has 1 amide bonds. The first-order chi connectivity index (χ1) is 9.59. The van der Waals surface area contributed by atoms with E-state index in [-0.39, 0.29) is 6.54 Å². The number of sulfonamides is 1. The van der Waals surface area contributed by atoms with Crippen LogP contribution in [0.5, 0.6) is 0 Å². The molecule has 0 aromatic heterocycles. The van der Waals surface area contributed by atoms with Crippen LogP contribution >= 0.6 is 0 Å². The van der Waals surface area contributed by atoms with E-state index in [0.29, 0.717) is 18.6 Å². The summed E-state index contributed by atoms with van der Waals surface area (Å²) in [7, 11) is -3.16. The summed E-state index contributed by atoms with van der Waals surface area (Å²) >= 11 is 0. The molecule has 0 spiro atoms. The molecule has 0 bridgehead atoms. The molecule has 0 heterocycles. The molecule has 1 aromatic carbocycles. The highest BCUT2D eigenvalue weighted by atomic mass is 32.2. The second-order valence-corrected chi connectivity index (χ2v) is 5.86. The largest absolute Gasteiger partial charge is 0.342 e. The van der Waals surface area contributed by atoms with Crippen LogP contribution in [-0.2, 0) is 10.0 Å². The van der Waals surface area contributed by atoms with E-state index in [1.807, 2.05) is 0 Å². The molecular weight excluding hydrogens is 305 g/mol. The Balaban J connectivity index is 3.55. The molecule has 0 fully saturated rings. The predicted octanol–water partition coefficient (Wildman–Crippen LogP) is 0.863. The van der Waals surface area contributed by atoms with Crippen molar-refractivity contribution in [3.8, 4) is 0 Å². The highest BCUT2D eigenvalue weighted by Crippen LogP contribution is 2.25. The lowest BCUT2D eigenvalue weighted by Gasteiger charge is -2.17. The first kappa shape index (κ1) is 17.0. The summed E-state index contributed by atoms with van der Waals surface area (Å²) in [6, 6.07) is 1.18. The number of hydrogen-bond donors (Lipinski definition) is 1. The number of nitro groups is 1. The SMILES string of the molecule is CCCN(C)C(=O)c1cc([N+](=O)[O-])cc(S(N)(=O)=O)c1F. The van der Waals surface area contributed by atoms with Gasteiger partial charge in [-0.05, 0) is 6.42 Å². The van der Waals surface area contributed by atoms with E-state index < -0.39 is 42.8 Å². The summed E-state index contributed by atoms with van der Waals surface area (Å²) in [6.45, 7) is 2.06. The van der Waals surface area contributed by atoms with Gasteiger partial charge in [0.1, 0.15) is 4.90 Å². The first-order valence-electron chi connectivity index (χ1n) is 5.85. The van der Waals surface area contributed by atoms with Crippen molar-refractivity contribution in [2.24, 2.45) is 5.14 Å². The van der Waals surface area contributed by atoms with E-state index in [4.69, 9.17) is 5.14 Å². The summed E-state index contributed by atoms with van der Waals surface area (Å²) in [6.07, 6.45) is 0.584. The van der Waals surface area contributed by atoms with Gasteiger partial charge in [-0.3, -0.25) is 14.9 Å². The van der Waals surface area contributed by atoms with Gasteiger partial charge in [-0.2, -0.15) is 0 Å². The summed E-state index contributed by atoms with van der Waals surface area (Å²) in [5.74, 6) is -2.25. The quantitative estimate of drug-likeness (QED) is 0.637. The molecule has 1 aromatic rings. The van der Waals surface area contributed by atoms with E-state index in [2.05, 4.69) is 0 Å². The number of non-ortho nitro benzene ring substituents is 1. The van der Waals surface area contributed by atoms with Gasteiger partial charge in [0.2, 0.25) is 10.0 Å². The number of nitrogens with zero attached hydrogens (tertiary/aromatic N) is 2. The van der Waals surface area contributed by atoms with Crippen molar-refractivity contribution < 1.29 is 22.5 Å². The number of carbonyl (C=O) groups excluding carboxylic acids is 1. The molecule has 8 nitrogen and oxygen atoms in total. The van der Waals surface area contributed by atoms with Gasteiger partial charge in [0.25, 0.3) is 11.6 Å². The van der Waals surface area contributed by atoms with Crippen molar-refractivity contribution >= 4 is 21.6 Å². The maximum atomic E-state index is 14.1. The van der Waals surface area contributed by atoms with Gasteiger partial charge in [0, 0.05) is 25.7 Å². The average molecular weight is 319 g/mol. The third-order valence-electron chi connectivity index (χ3n) is 2.68. The number of benzene rings is 1. The molecule has 0 aliphatic rings. The molecule has 0 radical (unpaired) electrons. The zero-order valence-corrected chi connectivity index (χ0v) is 12.2. The minimum atomic E-state index is -4.53. The number of nitrogens with two attached hydrogens (primary N) is 1. The highest BCUT2D eigenvalue weighted by Gasteiger charge is 2.27. The maximum Gasteiger partial charge on any atom is 0.271 e. The van der Waals surface area contributed by atoms with Crippen LogP contribution in [0.4, 0.5) is 10.1 Å². The lowest BCUT2D eigenvalue weighted by atomic mass is 10.1. The zero-order valence-electron chi connectivity index (χ0n) is 11.4. The third kappa shape index (κ3) is 3.73. The lowest BCUT2D eigenvalue weighted by Crippen LogP contribution is -2.29. The van der Waals surface area contributed by atoms with Crippen LogP contribution < -0.4 is 5.14 Å². The molecule has 0 aliphatic heterocycles. The molecule has 0 atom stereocenters. The smallest absolute Gasteiger partial charge is 0.271 e. The normalized spacial score (nSPS) is 11.2. The van der Waals surface area contributed by atoms with Crippen LogP contribution in [0.25, 0.3) is 0 Å². The van der Waals surface area contributed by atoms with Crippen molar-refractivity contribution in [2.75, 3.05) is 13.6 Å². The monoisotopic (exact) mass is 319 g/mol. The summed E-state index contributed by atoms with van der Waals surface area (Å²) in [5.41, 5.74) is -1.43. The summed E-state index contributed by atoms with van der Waals surface area (Å²) in [4.78, 5) is 22.0. The number of rotatable bonds is 5. The Morgan fingerprint density at radius 2 is 2.05 bits per heavy atom. The van der Waals surface area contributed by atoms with Crippen LogP contribution in [0, 0.1) is 15.9 Å². The highest BCUT2D eigenvalue weighted by molar-refractivity contribution is 7.89. The zero-order chi connectivity index (χ0) is 16.4. The van der Waals surface area contributed by atoms with Crippen LogP contribution in [0.15, 0.2) is 17.0 Å². The molecule has 0 saturated carbocycles. The number of nitro benzene ring substituents is 1. The fraction of sp³-hybridized carbons (Fsp3) is 0.364. The molecule has 2 N–H and O–H groups in total. The minimum Gasteiger partial charge on any atom is -0.342 e. The Labute approximate surface area is 120 Å². The molecule has 116 valence electrons. The number of amides is 1. The van der Waals surface area contributed by atoms with Crippen LogP contribution in [0.3, 0.4) is 0 Å². The molecule has 1 rings (SSSR count). The number of hydrogen-bond acceptors (Lipinski definition) is 5. The number of carbonyl (C=O) groups is 1. The Bertz CT molecular complexity index is 689. The number of halogens is 1. The second kappa shape index (κ2) is 6.14. The van der Waals surface area contributed by atoms with Crippen molar-refractivity contribution in [1.82, 2.24) is 4.90 Å². The molecular formula is C11H14FN3O5S. The van der Waals surface area contributed by atoms with Crippen LogP contribution in [0.1, 0.15) is 23.7 Å². The molecule has 21 heavy (non-hydrogen) atoms. The van der Waals surface area contributed by atoms with Crippen molar-refractivity contribution in [2.45, 2.75) is 18.2 Å². The summed E-state index contributed by atoms with van der Waals surface area (Å²) < 4.78 is 36.7. The number of primary sulfonamides is 1. The van der Waals surface area contributed by atoms with Gasteiger partial charge in [-0.25, -0.2) is 17.9 Å². The Morgan fingerprint density at radius 1 is 1.48 bits per heavy atom. The van der Waals surface area contributed by atoms with E-state index in [9.17, 15) is 27.7 Å². The Hall–Kier alpha value is -2.07. The van der Waals surface area contributed by atoms with E-state index >= 15 is 0 Å². The van der Waals surface area contributed by atoms with E-state index in [1.54, 1.807) is 6.92 Å². The third-order valence-corrected chi connectivity index (χ3v) is 3.59. The molecule has 10 heteroatoms. The molecule has 0 saturated heterocycles. The second-order valence-electron chi connectivity index (χ2n) is 4.33. The molecule has 0 aliphatic carbocycles. The van der Waals surface area contributed by atoms with Gasteiger partial charge >= 0.3 is 0 Å². The van der Waals surface area contributed by atoms with Crippen molar-refractivity contribution in [3.05, 3.63) is 33.6 Å².